The molecule has 3 aliphatic rings. The van der Waals surface area contributed by atoms with E-state index in [1.54, 1.807) is 30.0 Å². The SMILES string of the molecule is COc1cc2c(cc1-c1cccc(NC(=O)C3CCC(CN)CC3)c1)-c1c(c(C(=O)N3CCOCC3(C)C)nn1-c1cc(Cl)cc(Cl)c1)CO2. The highest BCUT2D eigenvalue weighted by atomic mass is 35.5. The summed E-state index contributed by atoms with van der Waals surface area (Å²) in [5, 5.41) is 8.95. The summed E-state index contributed by atoms with van der Waals surface area (Å²) < 4.78 is 19.6. The number of methoxy groups -OCH3 is 1. The minimum Gasteiger partial charge on any atom is -0.496 e. The van der Waals surface area contributed by atoms with Gasteiger partial charge in [0, 0.05) is 51.0 Å². The molecule has 2 fully saturated rings. The summed E-state index contributed by atoms with van der Waals surface area (Å²) in [6.45, 7) is 6.07. The van der Waals surface area contributed by atoms with Crippen LogP contribution in [0.4, 0.5) is 5.69 Å². The van der Waals surface area contributed by atoms with Crippen molar-refractivity contribution in [3.63, 3.8) is 0 Å². The lowest BCUT2D eigenvalue weighted by Crippen LogP contribution is -2.55. The van der Waals surface area contributed by atoms with Crippen LogP contribution in [-0.2, 0) is 16.1 Å². The Labute approximate surface area is 301 Å². The molecule has 4 aromatic rings. The first-order valence-corrected chi connectivity index (χ1v) is 17.8. The van der Waals surface area contributed by atoms with Gasteiger partial charge in [0.05, 0.1) is 37.2 Å². The van der Waals surface area contributed by atoms with E-state index in [9.17, 15) is 9.59 Å². The average molecular weight is 719 g/mol. The first-order chi connectivity index (χ1) is 24.1. The van der Waals surface area contributed by atoms with Crippen molar-refractivity contribution in [3.8, 4) is 39.6 Å². The van der Waals surface area contributed by atoms with Crippen molar-refractivity contribution in [2.75, 3.05) is 38.7 Å². The molecule has 10 nitrogen and oxygen atoms in total. The lowest BCUT2D eigenvalue weighted by Gasteiger charge is -2.41. The van der Waals surface area contributed by atoms with E-state index in [-0.39, 0.29) is 24.3 Å². The Hall–Kier alpha value is -4.09. The Balaban J connectivity index is 1.31. The molecule has 12 heteroatoms. The number of nitrogens with zero attached hydrogens (tertiary/aromatic N) is 3. The van der Waals surface area contributed by atoms with E-state index in [0.717, 1.165) is 42.4 Å². The molecule has 262 valence electrons. The lowest BCUT2D eigenvalue weighted by molar-refractivity contribution is -0.121. The third-order valence-electron chi connectivity index (χ3n) is 10.1. The van der Waals surface area contributed by atoms with Crippen LogP contribution in [0.15, 0.2) is 54.6 Å². The number of morpholine rings is 1. The fourth-order valence-corrected chi connectivity index (χ4v) is 7.84. The Morgan fingerprint density at radius 3 is 2.50 bits per heavy atom. The van der Waals surface area contributed by atoms with Crippen LogP contribution in [-0.4, -0.2) is 65.4 Å². The number of hydrogen-bond acceptors (Lipinski definition) is 7. The Bertz CT molecular complexity index is 1930. The molecule has 2 aliphatic heterocycles. The van der Waals surface area contributed by atoms with Crippen molar-refractivity contribution in [2.24, 2.45) is 17.6 Å². The molecule has 0 atom stereocenters. The standard InChI is InChI=1S/C38H41Cl2N5O5/c1-38(2)21-49-12-11-44(38)37(47)34-31-20-50-33-18-32(48-3)29(17-30(33)35(31)45(43-34)28-15-25(39)14-26(40)16-28)24-5-4-6-27(13-24)42-36(46)23-9-7-22(19-41)8-10-23/h4-6,13-18,22-23H,7-12,19-21,41H2,1-3H3,(H,42,46). The van der Waals surface area contributed by atoms with Crippen LogP contribution in [0.25, 0.3) is 28.1 Å². The van der Waals surface area contributed by atoms with Gasteiger partial charge < -0.3 is 30.2 Å². The minimum atomic E-state index is -0.524. The molecule has 7 rings (SSSR count). The van der Waals surface area contributed by atoms with Gasteiger partial charge >= 0.3 is 0 Å². The molecule has 2 amide bonds. The minimum absolute atomic E-state index is 0.0257. The van der Waals surface area contributed by atoms with Gasteiger partial charge in [-0.1, -0.05) is 35.3 Å². The van der Waals surface area contributed by atoms with Gasteiger partial charge in [0.1, 0.15) is 18.1 Å². The fraction of sp³-hybridized carbons (Fsp3) is 0.395. The van der Waals surface area contributed by atoms with E-state index in [1.165, 1.54) is 0 Å². The van der Waals surface area contributed by atoms with Crippen molar-refractivity contribution in [1.29, 1.82) is 0 Å². The first-order valence-electron chi connectivity index (χ1n) is 17.0. The van der Waals surface area contributed by atoms with E-state index in [4.69, 9.17) is 48.2 Å². The molecule has 50 heavy (non-hydrogen) atoms. The number of fused-ring (bicyclic) bond motifs is 3. The molecule has 0 unspecified atom stereocenters. The number of nitrogens with two attached hydrogens (primary N) is 1. The van der Waals surface area contributed by atoms with Crippen LogP contribution in [0.5, 0.6) is 11.5 Å². The number of nitrogens with one attached hydrogen (secondary N) is 1. The quantitative estimate of drug-likeness (QED) is 0.205. The number of ether oxygens (including phenoxy) is 3. The Kier molecular flexibility index (Phi) is 9.56. The van der Waals surface area contributed by atoms with Crippen LogP contribution < -0.4 is 20.5 Å². The second kappa shape index (κ2) is 13.9. The molecular formula is C38H41Cl2N5O5. The van der Waals surface area contributed by atoms with Gasteiger partial charge in [-0.05, 0) is 94.0 Å². The van der Waals surface area contributed by atoms with E-state index in [1.807, 2.05) is 55.1 Å². The van der Waals surface area contributed by atoms with Crippen molar-refractivity contribution in [3.05, 3.63) is 75.9 Å². The molecule has 3 N–H and O–H groups in total. The summed E-state index contributed by atoms with van der Waals surface area (Å²) in [6, 6.07) is 16.7. The maximum atomic E-state index is 14.3. The van der Waals surface area contributed by atoms with Crippen molar-refractivity contribution in [2.45, 2.75) is 51.7 Å². The predicted molar refractivity (Wildman–Crippen MR) is 194 cm³/mol. The zero-order valence-electron chi connectivity index (χ0n) is 28.4. The van der Waals surface area contributed by atoms with Crippen LogP contribution in [0.2, 0.25) is 10.0 Å². The molecule has 0 spiro atoms. The van der Waals surface area contributed by atoms with Gasteiger partial charge in [-0.2, -0.15) is 5.10 Å². The zero-order chi connectivity index (χ0) is 35.2. The first kappa shape index (κ1) is 34.4. The molecule has 0 radical (unpaired) electrons. The van der Waals surface area contributed by atoms with Crippen LogP contribution >= 0.6 is 23.2 Å². The van der Waals surface area contributed by atoms with Crippen LogP contribution in [0.3, 0.4) is 0 Å². The average Bonchev–Trinajstić information content (AvgIpc) is 3.51. The van der Waals surface area contributed by atoms with E-state index in [2.05, 4.69) is 5.32 Å². The van der Waals surface area contributed by atoms with Gasteiger partial charge in [0.2, 0.25) is 5.91 Å². The van der Waals surface area contributed by atoms with Gasteiger partial charge in [-0.25, -0.2) is 4.68 Å². The smallest absolute Gasteiger partial charge is 0.275 e. The second-order valence-electron chi connectivity index (χ2n) is 13.9. The number of benzene rings is 3. The largest absolute Gasteiger partial charge is 0.496 e. The summed E-state index contributed by atoms with van der Waals surface area (Å²) in [5.41, 5.74) is 10.6. The van der Waals surface area contributed by atoms with E-state index in [0.29, 0.717) is 82.1 Å². The number of carbonyl (C=O) groups is 2. The highest BCUT2D eigenvalue weighted by Crippen LogP contribution is 2.47. The predicted octanol–water partition coefficient (Wildman–Crippen LogP) is 7.37. The van der Waals surface area contributed by atoms with E-state index < -0.39 is 5.54 Å². The normalized spacial score (nSPS) is 19.6. The number of carbonyl (C=O) groups excluding carboxylic acids is 2. The van der Waals surface area contributed by atoms with Crippen molar-refractivity contribution < 1.29 is 23.8 Å². The van der Waals surface area contributed by atoms with Gasteiger partial charge in [0.25, 0.3) is 5.91 Å². The molecule has 3 heterocycles. The van der Waals surface area contributed by atoms with Gasteiger partial charge in [-0.15, -0.1) is 0 Å². The molecule has 1 saturated carbocycles. The maximum absolute atomic E-state index is 14.3. The monoisotopic (exact) mass is 717 g/mol. The van der Waals surface area contributed by atoms with E-state index >= 15 is 0 Å². The molecule has 1 aliphatic carbocycles. The third kappa shape index (κ3) is 6.57. The number of rotatable bonds is 7. The Morgan fingerprint density at radius 2 is 1.80 bits per heavy atom. The highest BCUT2D eigenvalue weighted by molar-refractivity contribution is 6.34. The fourth-order valence-electron chi connectivity index (χ4n) is 7.33. The number of aromatic nitrogens is 2. The molecule has 1 saturated heterocycles. The molecule has 0 bridgehead atoms. The van der Waals surface area contributed by atoms with Crippen LogP contribution in [0, 0.1) is 11.8 Å². The van der Waals surface area contributed by atoms with Crippen molar-refractivity contribution in [1.82, 2.24) is 14.7 Å². The topological polar surface area (TPSA) is 121 Å². The number of halogens is 2. The molecular weight excluding hydrogens is 677 g/mol. The number of anilines is 1. The highest BCUT2D eigenvalue weighted by Gasteiger charge is 2.39. The van der Waals surface area contributed by atoms with Crippen molar-refractivity contribution >= 4 is 40.7 Å². The Morgan fingerprint density at radius 1 is 1.04 bits per heavy atom. The lowest BCUT2D eigenvalue weighted by atomic mass is 9.81. The maximum Gasteiger partial charge on any atom is 0.275 e. The summed E-state index contributed by atoms with van der Waals surface area (Å²) in [5.74, 6) is 1.46. The summed E-state index contributed by atoms with van der Waals surface area (Å²) in [7, 11) is 1.61. The molecule has 1 aromatic heterocycles. The zero-order valence-corrected chi connectivity index (χ0v) is 29.9. The van der Waals surface area contributed by atoms with Crippen LogP contribution in [0.1, 0.15) is 55.6 Å². The third-order valence-corrected chi connectivity index (χ3v) is 10.5. The molecule has 3 aromatic carbocycles. The summed E-state index contributed by atoms with van der Waals surface area (Å²) >= 11 is 13.0. The number of amides is 2. The summed E-state index contributed by atoms with van der Waals surface area (Å²) in [4.78, 5) is 29.3. The second-order valence-corrected chi connectivity index (χ2v) is 14.8. The van der Waals surface area contributed by atoms with Gasteiger partial charge in [-0.3, -0.25) is 9.59 Å². The van der Waals surface area contributed by atoms with Gasteiger partial charge in [0.15, 0.2) is 5.69 Å². The number of hydrogen-bond donors (Lipinski definition) is 2. The summed E-state index contributed by atoms with van der Waals surface area (Å²) in [6.07, 6.45) is 3.63.